The third-order valence-corrected chi connectivity index (χ3v) is 4.12. The van der Waals surface area contributed by atoms with Gasteiger partial charge in [0.2, 0.25) is 6.79 Å². The van der Waals surface area contributed by atoms with Crippen molar-refractivity contribution in [2.75, 3.05) is 27.6 Å². The largest absolute Gasteiger partial charge is 0.493 e. The fourth-order valence-corrected chi connectivity index (χ4v) is 2.77. The Morgan fingerprint density at radius 1 is 1.12 bits per heavy atom. The van der Waals surface area contributed by atoms with Crippen LogP contribution in [-0.2, 0) is 13.0 Å². The third-order valence-electron chi connectivity index (χ3n) is 4.12. The van der Waals surface area contributed by atoms with E-state index in [4.69, 9.17) is 18.9 Å². The first-order valence-corrected chi connectivity index (χ1v) is 8.11. The minimum Gasteiger partial charge on any atom is -0.493 e. The number of rotatable bonds is 8. The van der Waals surface area contributed by atoms with Gasteiger partial charge in [0.05, 0.1) is 25.2 Å². The Morgan fingerprint density at radius 3 is 2.58 bits per heavy atom. The van der Waals surface area contributed by atoms with Crippen LogP contribution in [0.4, 0.5) is 5.69 Å². The van der Waals surface area contributed by atoms with E-state index in [2.05, 4.69) is 5.32 Å². The highest BCUT2D eigenvalue weighted by molar-refractivity contribution is 5.54. The van der Waals surface area contributed by atoms with Crippen LogP contribution >= 0.6 is 0 Å². The first-order chi connectivity index (χ1) is 12.6. The summed E-state index contributed by atoms with van der Waals surface area (Å²) in [6.07, 6.45) is 0.762. The molecule has 26 heavy (non-hydrogen) atoms. The fourth-order valence-electron chi connectivity index (χ4n) is 2.77. The number of nitrogens with one attached hydrogen (secondary N) is 1. The van der Waals surface area contributed by atoms with Crippen molar-refractivity contribution in [3.8, 4) is 23.0 Å². The molecule has 0 spiro atoms. The van der Waals surface area contributed by atoms with Gasteiger partial charge in [0, 0.05) is 12.1 Å². The van der Waals surface area contributed by atoms with Gasteiger partial charge >= 0.3 is 0 Å². The molecule has 1 aliphatic rings. The molecule has 0 aliphatic carbocycles. The van der Waals surface area contributed by atoms with Gasteiger partial charge in [-0.1, -0.05) is 6.07 Å². The van der Waals surface area contributed by atoms with E-state index in [-0.39, 0.29) is 12.5 Å². The van der Waals surface area contributed by atoms with Crippen LogP contribution in [0.25, 0.3) is 0 Å². The molecule has 0 fully saturated rings. The first-order valence-electron chi connectivity index (χ1n) is 8.11. The molecule has 0 bridgehead atoms. The highest BCUT2D eigenvalue weighted by Gasteiger charge is 2.19. The summed E-state index contributed by atoms with van der Waals surface area (Å²) in [5.41, 5.74) is 1.64. The van der Waals surface area contributed by atoms with Crippen molar-refractivity contribution in [3.05, 3.63) is 51.6 Å². The lowest BCUT2D eigenvalue weighted by Gasteiger charge is -2.11. The molecule has 0 aromatic heterocycles. The van der Waals surface area contributed by atoms with Crippen LogP contribution < -0.4 is 24.3 Å². The van der Waals surface area contributed by atoms with E-state index in [0.717, 1.165) is 23.5 Å². The van der Waals surface area contributed by atoms with Crippen molar-refractivity contribution in [2.45, 2.75) is 13.0 Å². The highest BCUT2D eigenvalue weighted by atomic mass is 16.7. The van der Waals surface area contributed by atoms with Gasteiger partial charge < -0.3 is 24.3 Å². The number of nitrogens with zero attached hydrogens (tertiary/aromatic N) is 1. The Bertz CT molecular complexity index is 809. The lowest BCUT2D eigenvalue weighted by Crippen LogP contribution is -2.17. The molecule has 0 atom stereocenters. The first kappa shape index (κ1) is 17.8. The van der Waals surface area contributed by atoms with E-state index < -0.39 is 4.92 Å². The van der Waals surface area contributed by atoms with Gasteiger partial charge in [-0.2, -0.15) is 0 Å². The Labute approximate surface area is 150 Å². The number of nitro benzene ring substituents is 1. The minimum atomic E-state index is -0.420. The maximum Gasteiger partial charge on any atom is 0.277 e. The Kier molecular flexibility index (Phi) is 5.43. The van der Waals surface area contributed by atoms with E-state index in [0.29, 0.717) is 30.2 Å². The summed E-state index contributed by atoms with van der Waals surface area (Å²) in [6.45, 7) is 1.26. The predicted molar refractivity (Wildman–Crippen MR) is 94.2 cm³/mol. The third kappa shape index (κ3) is 3.80. The fraction of sp³-hybridized carbons (Fsp3) is 0.333. The van der Waals surface area contributed by atoms with Gasteiger partial charge in [-0.25, -0.2) is 0 Å². The molecule has 2 aromatic carbocycles. The predicted octanol–water partition coefficient (Wildman–Crippen LogP) is 2.67. The quantitative estimate of drug-likeness (QED) is 0.439. The van der Waals surface area contributed by atoms with E-state index in [1.54, 1.807) is 6.07 Å². The summed E-state index contributed by atoms with van der Waals surface area (Å²) in [7, 11) is 2.95. The maximum absolute atomic E-state index is 11.3. The summed E-state index contributed by atoms with van der Waals surface area (Å²) in [5, 5.41) is 14.5. The number of methoxy groups -OCH3 is 2. The molecule has 3 rings (SSSR count). The van der Waals surface area contributed by atoms with Crippen LogP contribution in [0, 0.1) is 10.1 Å². The van der Waals surface area contributed by atoms with Crippen LogP contribution in [0.2, 0.25) is 0 Å². The Balaban J connectivity index is 1.63. The molecule has 1 heterocycles. The van der Waals surface area contributed by atoms with E-state index >= 15 is 0 Å². The van der Waals surface area contributed by atoms with Crippen molar-refractivity contribution >= 4 is 5.69 Å². The molecule has 1 N–H and O–H groups in total. The molecule has 0 saturated carbocycles. The number of nitro groups is 1. The summed E-state index contributed by atoms with van der Waals surface area (Å²) in [4.78, 5) is 10.9. The average Bonchev–Trinajstić information content (AvgIpc) is 3.12. The molecule has 8 nitrogen and oxygen atoms in total. The van der Waals surface area contributed by atoms with E-state index in [9.17, 15) is 10.1 Å². The molecule has 8 heteroatoms. The standard InChI is InChI=1S/C18H20N2O6/c1-23-16-8-13(14(20(21)22)9-17(16)24-2)10-19-6-5-12-3-4-15-18(7-12)26-11-25-15/h3-4,7-9,19H,5-6,10-11H2,1-2H3. The monoisotopic (exact) mass is 360 g/mol. The van der Waals surface area contributed by atoms with Crippen LogP contribution in [0.5, 0.6) is 23.0 Å². The average molecular weight is 360 g/mol. The van der Waals surface area contributed by atoms with Crippen LogP contribution in [0.15, 0.2) is 30.3 Å². The van der Waals surface area contributed by atoms with Gasteiger partial charge in [0.15, 0.2) is 23.0 Å². The Hall–Kier alpha value is -3.00. The van der Waals surface area contributed by atoms with Gasteiger partial charge in [-0.05, 0) is 36.7 Å². The van der Waals surface area contributed by atoms with E-state index in [1.165, 1.54) is 20.3 Å². The summed E-state index contributed by atoms with van der Waals surface area (Å²) >= 11 is 0. The zero-order valence-electron chi connectivity index (χ0n) is 14.6. The van der Waals surface area contributed by atoms with Crippen molar-refractivity contribution in [1.29, 1.82) is 0 Å². The second-order valence-electron chi connectivity index (χ2n) is 5.71. The molecule has 0 saturated heterocycles. The highest BCUT2D eigenvalue weighted by Crippen LogP contribution is 2.34. The van der Waals surface area contributed by atoms with Crippen LogP contribution in [0.3, 0.4) is 0 Å². The smallest absolute Gasteiger partial charge is 0.277 e. The molecular formula is C18H20N2O6. The van der Waals surface area contributed by atoms with Gasteiger partial charge in [-0.3, -0.25) is 10.1 Å². The van der Waals surface area contributed by atoms with Gasteiger partial charge in [-0.15, -0.1) is 0 Å². The number of ether oxygens (including phenoxy) is 4. The van der Waals surface area contributed by atoms with Crippen LogP contribution in [0.1, 0.15) is 11.1 Å². The van der Waals surface area contributed by atoms with Crippen molar-refractivity contribution in [2.24, 2.45) is 0 Å². The number of benzene rings is 2. The van der Waals surface area contributed by atoms with Crippen molar-refractivity contribution < 1.29 is 23.9 Å². The Morgan fingerprint density at radius 2 is 1.85 bits per heavy atom. The maximum atomic E-state index is 11.3. The zero-order valence-corrected chi connectivity index (χ0v) is 14.6. The van der Waals surface area contributed by atoms with E-state index in [1.807, 2.05) is 18.2 Å². The van der Waals surface area contributed by atoms with Gasteiger partial charge in [0.25, 0.3) is 5.69 Å². The molecule has 0 amide bonds. The lowest BCUT2D eigenvalue weighted by atomic mass is 10.1. The summed E-state index contributed by atoms with van der Waals surface area (Å²) in [5.74, 6) is 2.30. The van der Waals surface area contributed by atoms with Crippen molar-refractivity contribution in [1.82, 2.24) is 5.32 Å². The summed E-state index contributed by atoms with van der Waals surface area (Å²) < 4.78 is 21.0. The van der Waals surface area contributed by atoms with Gasteiger partial charge in [0.1, 0.15) is 0 Å². The molecule has 138 valence electrons. The molecular weight excluding hydrogens is 340 g/mol. The SMILES string of the molecule is COc1cc(CNCCc2ccc3c(c2)OCO3)c([N+](=O)[O-])cc1OC. The molecule has 0 radical (unpaired) electrons. The zero-order chi connectivity index (χ0) is 18.5. The number of hydrogen-bond acceptors (Lipinski definition) is 7. The van der Waals surface area contributed by atoms with Crippen LogP contribution in [-0.4, -0.2) is 32.5 Å². The molecule has 1 aliphatic heterocycles. The number of fused-ring (bicyclic) bond motifs is 1. The topological polar surface area (TPSA) is 92.1 Å². The second kappa shape index (κ2) is 7.92. The molecule has 2 aromatic rings. The summed E-state index contributed by atoms with van der Waals surface area (Å²) in [6, 6.07) is 8.83. The number of hydrogen-bond donors (Lipinski definition) is 1. The minimum absolute atomic E-state index is 0.00164. The normalized spacial score (nSPS) is 12.1. The second-order valence-corrected chi connectivity index (χ2v) is 5.71. The van der Waals surface area contributed by atoms with Crippen molar-refractivity contribution in [3.63, 3.8) is 0 Å². The lowest BCUT2D eigenvalue weighted by molar-refractivity contribution is -0.385. The molecule has 0 unspecified atom stereocenters.